The lowest BCUT2D eigenvalue weighted by atomic mass is 10.1. The van der Waals surface area contributed by atoms with E-state index >= 15 is 0 Å². The minimum absolute atomic E-state index is 0.0192. The van der Waals surface area contributed by atoms with E-state index in [1.165, 1.54) is 10.4 Å². The molecule has 0 radical (unpaired) electrons. The minimum atomic E-state index is -3.53. The Labute approximate surface area is 119 Å². The van der Waals surface area contributed by atoms with Gasteiger partial charge in [0, 0.05) is 20.2 Å². The quantitative estimate of drug-likeness (QED) is 0.847. The molecule has 6 heteroatoms. The molecule has 0 bridgehead atoms. The topological polar surface area (TPSA) is 70.4 Å². The van der Waals surface area contributed by atoms with E-state index in [1.807, 2.05) is 6.07 Å². The molecule has 0 amide bonds. The predicted molar refractivity (Wildman–Crippen MR) is 74.7 cm³/mol. The smallest absolute Gasteiger partial charge is 0.242 e. The maximum atomic E-state index is 12.5. The molecule has 1 unspecified atom stereocenters. The van der Waals surface area contributed by atoms with Crippen LogP contribution in [0.3, 0.4) is 0 Å². The van der Waals surface area contributed by atoms with E-state index in [-0.39, 0.29) is 11.0 Å². The average molecular weight is 294 g/mol. The Kier molecular flexibility index (Phi) is 4.43. The summed E-state index contributed by atoms with van der Waals surface area (Å²) in [6, 6.07) is 6.60. The zero-order valence-corrected chi connectivity index (χ0v) is 12.5. The lowest BCUT2D eigenvalue weighted by Gasteiger charge is -2.20. The fourth-order valence-corrected chi connectivity index (χ4v) is 3.56. The lowest BCUT2D eigenvalue weighted by molar-refractivity contribution is 0.0979. The molecule has 0 aromatic heterocycles. The molecule has 0 N–H and O–H groups in total. The molecule has 1 aromatic rings. The van der Waals surface area contributed by atoms with Crippen LogP contribution in [0.15, 0.2) is 23.1 Å². The molecule has 2 rings (SSSR count). The third kappa shape index (κ3) is 3.01. The molecule has 1 aliphatic heterocycles. The van der Waals surface area contributed by atoms with Gasteiger partial charge < -0.3 is 4.74 Å². The Balaban J connectivity index is 2.20. The van der Waals surface area contributed by atoms with Crippen molar-refractivity contribution in [3.05, 3.63) is 29.3 Å². The SMILES string of the molecule is Cc1cc(S(=O)(=O)N(C)CC2CCCO2)ccc1C#N. The van der Waals surface area contributed by atoms with Crippen molar-refractivity contribution in [3.63, 3.8) is 0 Å². The van der Waals surface area contributed by atoms with E-state index in [2.05, 4.69) is 0 Å². The summed E-state index contributed by atoms with van der Waals surface area (Å²) < 4.78 is 31.7. The van der Waals surface area contributed by atoms with Gasteiger partial charge in [-0.25, -0.2) is 8.42 Å². The van der Waals surface area contributed by atoms with Gasteiger partial charge in [-0.15, -0.1) is 0 Å². The molecule has 0 spiro atoms. The van der Waals surface area contributed by atoms with Crippen LogP contribution >= 0.6 is 0 Å². The molecule has 0 saturated carbocycles. The van der Waals surface area contributed by atoms with Crippen molar-refractivity contribution in [2.75, 3.05) is 20.2 Å². The molecular formula is C14H18N2O3S. The Bertz CT molecular complexity index is 628. The van der Waals surface area contributed by atoms with Gasteiger partial charge in [-0.2, -0.15) is 9.57 Å². The normalized spacial score (nSPS) is 19.2. The molecular weight excluding hydrogens is 276 g/mol. The van der Waals surface area contributed by atoms with Crippen molar-refractivity contribution in [1.29, 1.82) is 5.26 Å². The summed E-state index contributed by atoms with van der Waals surface area (Å²) in [6.07, 6.45) is 1.86. The number of nitriles is 1. The van der Waals surface area contributed by atoms with Gasteiger partial charge in [0.2, 0.25) is 10.0 Å². The standard InChI is InChI=1S/C14H18N2O3S/c1-11-8-14(6-5-12(11)9-15)20(17,18)16(2)10-13-4-3-7-19-13/h5-6,8,13H,3-4,7,10H2,1-2H3. The predicted octanol–water partition coefficient (Wildman–Crippen LogP) is 1.67. The zero-order chi connectivity index (χ0) is 14.8. The number of sulfonamides is 1. The minimum Gasteiger partial charge on any atom is -0.377 e. The van der Waals surface area contributed by atoms with Crippen molar-refractivity contribution in [2.45, 2.75) is 30.8 Å². The van der Waals surface area contributed by atoms with Crippen molar-refractivity contribution < 1.29 is 13.2 Å². The van der Waals surface area contributed by atoms with Crippen LogP contribution in [-0.4, -0.2) is 39.0 Å². The van der Waals surface area contributed by atoms with Crippen LogP contribution in [0.25, 0.3) is 0 Å². The maximum absolute atomic E-state index is 12.5. The molecule has 0 aliphatic carbocycles. The fourth-order valence-electron chi connectivity index (χ4n) is 2.28. The van der Waals surface area contributed by atoms with Crippen LogP contribution in [0.4, 0.5) is 0 Å². The van der Waals surface area contributed by atoms with Gasteiger partial charge >= 0.3 is 0 Å². The van der Waals surface area contributed by atoms with E-state index < -0.39 is 10.0 Å². The first-order valence-corrected chi connectivity index (χ1v) is 7.98. The van der Waals surface area contributed by atoms with E-state index in [9.17, 15) is 8.42 Å². The Hall–Kier alpha value is -1.42. The van der Waals surface area contributed by atoms with Crippen LogP contribution in [0.5, 0.6) is 0 Å². The Morgan fingerprint density at radius 3 is 2.80 bits per heavy atom. The zero-order valence-electron chi connectivity index (χ0n) is 11.7. The third-order valence-electron chi connectivity index (χ3n) is 3.51. The maximum Gasteiger partial charge on any atom is 0.242 e. The van der Waals surface area contributed by atoms with Crippen LogP contribution in [-0.2, 0) is 14.8 Å². The number of aryl methyl sites for hydroxylation is 1. The number of hydrogen-bond acceptors (Lipinski definition) is 4. The summed E-state index contributed by atoms with van der Waals surface area (Å²) in [6.45, 7) is 2.80. The number of benzene rings is 1. The summed E-state index contributed by atoms with van der Waals surface area (Å²) in [5.41, 5.74) is 1.16. The molecule has 5 nitrogen and oxygen atoms in total. The summed E-state index contributed by atoms with van der Waals surface area (Å²) in [7, 11) is -1.97. The monoisotopic (exact) mass is 294 g/mol. The van der Waals surface area contributed by atoms with Crippen molar-refractivity contribution >= 4 is 10.0 Å². The highest BCUT2D eigenvalue weighted by atomic mass is 32.2. The first kappa shape index (κ1) is 15.0. The number of likely N-dealkylation sites (N-methyl/N-ethyl adjacent to an activating group) is 1. The summed E-state index contributed by atoms with van der Waals surface area (Å²) in [5, 5.41) is 8.88. The number of hydrogen-bond donors (Lipinski definition) is 0. The highest BCUT2D eigenvalue weighted by molar-refractivity contribution is 7.89. The summed E-state index contributed by atoms with van der Waals surface area (Å²) >= 11 is 0. The van der Waals surface area contributed by atoms with E-state index in [4.69, 9.17) is 10.00 Å². The average Bonchev–Trinajstić information content (AvgIpc) is 2.91. The van der Waals surface area contributed by atoms with Gasteiger partial charge in [0.1, 0.15) is 0 Å². The lowest BCUT2D eigenvalue weighted by Crippen LogP contribution is -2.34. The molecule has 1 saturated heterocycles. The number of nitrogens with zero attached hydrogens (tertiary/aromatic N) is 2. The van der Waals surface area contributed by atoms with Gasteiger partial charge in [-0.1, -0.05) is 0 Å². The molecule has 1 heterocycles. The second kappa shape index (κ2) is 5.92. The summed E-state index contributed by atoms with van der Waals surface area (Å²) in [4.78, 5) is 0.217. The van der Waals surface area contributed by atoms with Crippen molar-refractivity contribution in [3.8, 4) is 6.07 Å². The molecule has 20 heavy (non-hydrogen) atoms. The molecule has 108 valence electrons. The van der Waals surface area contributed by atoms with Crippen LogP contribution in [0.1, 0.15) is 24.0 Å². The van der Waals surface area contributed by atoms with Crippen LogP contribution < -0.4 is 0 Å². The highest BCUT2D eigenvalue weighted by Gasteiger charge is 2.26. The molecule has 1 aliphatic rings. The largest absolute Gasteiger partial charge is 0.377 e. The number of rotatable bonds is 4. The Morgan fingerprint density at radius 2 is 2.25 bits per heavy atom. The summed E-state index contributed by atoms with van der Waals surface area (Å²) in [5.74, 6) is 0. The van der Waals surface area contributed by atoms with Gasteiger partial charge in [0.15, 0.2) is 0 Å². The van der Waals surface area contributed by atoms with Gasteiger partial charge in [0.25, 0.3) is 0 Å². The van der Waals surface area contributed by atoms with E-state index in [0.29, 0.717) is 24.3 Å². The van der Waals surface area contributed by atoms with E-state index in [0.717, 1.165) is 12.8 Å². The number of ether oxygens (including phenoxy) is 1. The highest BCUT2D eigenvalue weighted by Crippen LogP contribution is 2.20. The van der Waals surface area contributed by atoms with Gasteiger partial charge in [0.05, 0.1) is 22.6 Å². The first-order chi connectivity index (χ1) is 9.45. The fraction of sp³-hybridized carbons (Fsp3) is 0.500. The second-order valence-corrected chi connectivity index (χ2v) is 7.05. The second-order valence-electron chi connectivity index (χ2n) is 5.01. The van der Waals surface area contributed by atoms with Crippen LogP contribution in [0.2, 0.25) is 0 Å². The first-order valence-electron chi connectivity index (χ1n) is 6.54. The van der Waals surface area contributed by atoms with Crippen LogP contribution in [0, 0.1) is 18.3 Å². The third-order valence-corrected chi connectivity index (χ3v) is 5.33. The van der Waals surface area contributed by atoms with Crippen molar-refractivity contribution in [2.24, 2.45) is 0 Å². The molecule has 1 fully saturated rings. The van der Waals surface area contributed by atoms with Crippen molar-refractivity contribution in [1.82, 2.24) is 4.31 Å². The molecule has 1 aromatic carbocycles. The molecule has 1 atom stereocenters. The van der Waals surface area contributed by atoms with Gasteiger partial charge in [-0.3, -0.25) is 0 Å². The van der Waals surface area contributed by atoms with Gasteiger partial charge in [-0.05, 0) is 43.5 Å². The Morgan fingerprint density at radius 1 is 1.50 bits per heavy atom. The van der Waals surface area contributed by atoms with E-state index in [1.54, 1.807) is 26.1 Å².